The van der Waals surface area contributed by atoms with Crippen LogP contribution in [0, 0.1) is 0 Å². The Labute approximate surface area is 189 Å². The summed E-state index contributed by atoms with van der Waals surface area (Å²) in [4.78, 5) is 36.1. The number of carbonyl (C=O) groups is 1. The highest BCUT2D eigenvalue weighted by molar-refractivity contribution is 7.18. The molecule has 0 bridgehead atoms. The first kappa shape index (κ1) is 20.6. The second-order valence-electron chi connectivity index (χ2n) is 8.21. The lowest BCUT2D eigenvalue weighted by Gasteiger charge is -2.11. The zero-order valence-electron chi connectivity index (χ0n) is 17.8. The first-order valence-electron chi connectivity index (χ1n) is 11.0. The highest BCUT2D eigenvalue weighted by atomic mass is 32.1. The standard InChI is InChI=1S/C24H25N5O2S/c30-21(26-13-17-5-7-18(8-6-17)14-28-12-10-25-15-28)9-11-29-16-27-23-22(24(29)31)19-3-1-2-4-20(19)32-23/h5-8,10,12,15-16H,1-4,9,11,13-14H2,(H,26,30). The Hall–Kier alpha value is -3.26. The normalized spacial score (nSPS) is 13.2. The number of carbonyl (C=O) groups excluding carboxylic acids is 1. The van der Waals surface area contributed by atoms with E-state index in [1.165, 1.54) is 22.4 Å². The van der Waals surface area contributed by atoms with Gasteiger partial charge < -0.3 is 9.88 Å². The number of nitrogens with one attached hydrogen (secondary N) is 1. The van der Waals surface area contributed by atoms with Crippen LogP contribution in [0.25, 0.3) is 10.2 Å². The Bertz CT molecular complexity index is 1290. The average Bonchev–Trinajstić information content (AvgIpc) is 3.46. The summed E-state index contributed by atoms with van der Waals surface area (Å²) in [5.41, 5.74) is 3.38. The lowest BCUT2D eigenvalue weighted by Crippen LogP contribution is -2.27. The Balaban J connectivity index is 1.17. The van der Waals surface area contributed by atoms with Gasteiger partial charge in [0.15, 0.2) is 0 Å². The summed E-state index contributed by atoms with van der Waals surface area (Å²) in [5.74, 6) is -0.0770. The minimum absolute atomic E-state index is 0.0179. The van der Waals surface area contributed by atoms with Crippen LogP contribution in [0.2, 0.25) is 0 Å². The first-order chi connectivity index (χ1) is 15.7. The van der Waals surface area contributed by atoms with Gasteiger partial charge in [0.2, 0.25) is 5.91 Å². The molecule has 4 aromatic rings. The number of fused-ring (bicyclic) bond motifs is 3. The maximum Gasteiger partial charge on any atom is 0.262 e. The van der Waals surface area contributed by atoms with Crippen molar-refractivity contribution in [3.05, 3.63) is 81.2 Å². The van der Waals surface area contributed by atoms with Crippen molar-refractivity contribution in [2.75, 3.05) is 0 Å². The van der Waals surface area contributed by atoms with Crippen LogP contribution in [-0.4, -0.2) is 25.0 Å². The third kappa shape index (κ3) is 4.36. The van der Waals surface area contributed by atoms with Crippen LogP contribution in [-0.2, 0) is 37.3 Å². The van der Waals surface area contributed by atoms with Gasteiger partial charge in [0.1, 0.15) is 4.83 Å². The molecular formula is C24H25N5O2S. The molecule has 0 spiro atoms. The monoisotopic (exact) mass is 447 g/mol. The van der Waals surface area contributed by atoms with E-state index < -0.39 is 0 Å². The van der Waals surface area contributed by atoms with E-state index >= 15 is 0 Å². The molecule has 0 saturated heterocycles. The van der Waals surface area contributed by atoms with Gasteiger partial charge in [0.25, 0.3) is 5.56 Å². The van der Waals surface area contributed by atoms with Gasteiger partial charge >= 0.3 is 0 Å². The van der Waals surface area contributed by atoms with Crippen LogP contribution in [0.3, 0.4) is 0 Å². The van der Waals surface area contributed by atoms with Gasteiger partial charge in [-0.05, 0) is 42.4 Å². The first-order valence-corrected chi connectivity index (χ1v) is 11.8. The number of amides is 1. The minimum atomic E-state index is -0.0770. The van der Waals surface area contributed by atoms with Crippen molar-refractivity contribution < 1.29 is 4.79 Å². The number of benzene rings is 1. The van der Waals surface area contributed by atoms with Gasteiger partial charge in [-0.25, -0.2) is 9.97 Å². The third-order valence-corrected chi connectivity index (χ3v) is 7.16. The number of hydrogen-bond donors (Lipinski definition) is 1. The van der Waals surface area contributed by atoms with Gasteiger partial charge in [-0.3, -0.25) is 14.2 Å². The maximum absolute atomic E-state index is 13.0. The summed E-state index contributed by atoms with van der Waals surface area (Å²) >= 11 is 1.65. The number of thiophene rings is 1. The van der Waals surface area contributed by atoms with Crippen molar-refractivity contribution >= 4 is 27.5 Å². The molecule has 0 radical (unpaired) electrons. The van der Waals surface area contributed by atoms with Crippen molar-refractivity contribution in [2.45, 2.75) is 51.7 Å². The Kier molecular flexibility index (Phi) is 5.85. The second kappa shape index (κ2) is 9.08. The molecule has 164 valence electrons. The lowest BCUT2D eigenvalue weighted by atomic mass is 9.97. The number of hydrogen-bond acceptors (Lipinski definition) is 5. The van der Waals surface area contributed by atoms with Crippen molar-refractivity contribution in [1.29, 1.82) is 0 Å². The van der Waals surface area contributed by atoms with E-state index in [1.807, 2.05) is 22.9 Å². The zero-order chi connectivity index (χ0) is 21.9. The highest BCUT2D eigenvalue weighted by Crippen LogP contribution is 2.33. The molecule has 3 aromatic heterocycles. The van der Waals surface area contributed by atoms with E-state index in [9.17, 15) is 9.59 Å². The maximum atomic E-state index is 13.0. The molecule has 8 heteroatoms. The largest absolute Gasteiger partial charge is 0.352 e. The van der Waals surface area contributed by atoms with E-state index in [0.717, 1.165) is 41.6 Å². The fraction of sp³-hybridized carbons (Fsp3) is 0.333. The lowest BCUT2D eigenvalue weighted by molar-refractivity contribution is -0.121. The summed E-state index contributed by atoms with van der Waals surface area (Å²) in [6.45, 7) is 1.57. The van der Waals surface area contributed by atoms with Crippen LogP contribution >= 0.6 is 11.3 Å². The van der Waals surface area contributed by atoms with Crippen LogP contribution in [0.15, 0.2) is 54.1 Å². The van der Waals surface area contributed by atoms with E-state index in [4.69, 9.17) is 0 Å². The molecule has 1 aliphatic rings. The summed E-state index contributed by atoms with van der Waals surface area (Å²) < 4.78 is 3.59. The molecule has 1 amide bonds. The molecule has 7 nitrogen and oxygen atoms in total. The van der Waals surface area contributed by atoms with E-state index in [0.29, 0.717) is 13.1 Å². The van der Waals surface area contributed by atoms with Crippen LogP contribution in [0.5, 0.6) is 0 Å². The van der Waals surface area contributed by atoms with Gasteiger partial charge in [-0.2, -0.15) is 0 Å². The molecule has 1 aliphatic carbocycles. The van der Waals surface area contributed by atoms with Gasteiger partial charge in [-0.15, -0.1) is 11.3 Å². The Morgan fingerprint density at radius 2 is 1.91 bits per heavy atom. The Morgan fingerprint density at radius 1 is 1.09 bits per heavy atom. The number of aryl methyl sites for hydroxylation is 3. The fourth-order valence-corrected chi connectivity index (χ4v) is 5.42. The molecular weight excluding hydrogens is 422 g/mol. The molecule has 0 atom stereocenters. The predicted molar refractivity (Wildman–Crippen MR) is 125 cm³/mol. The topological polar surface area (TPSA) is 81.8 Å². The van der Waals surface area contributed by atoms with Gasteiger partial charge in [0.05, 0.1) is 18.0 Å². The van der Waals surface area contributed by atoms with E-state index in [-0.39, 0.29) is 17.9 Å². The molecule has 0 fully saturated rings. The van der Waals surface area contributed by atoms with Gasteiger partial charge in [-0.1, -0.05) is 24.3 Å². The molecule has 5 rings (SSSR count). The van der Waals surface area contributed by atoms with Crippen molar-refractivity contribution in [2.24, 2.45) is 0 Å². The predicted octanol–water partition coefficient (Wildman–Crippen LogP) is 3.29. The summed E-state index contributed by atoms with van der Waals surface area (Å²) in [7, 11) is 0. The zero-order valence-corrected chi connectivity index (χ0v) is 18.6. The number of rotatable bonds is 7. The third-order valence-electron chi connectivity index (χ3n) is 5.96. The van der Waals surface area contributed by atoms with Crippen molar-refractivity contribution in [3.63, 3.8) is 0 Å². The van der Waals surface area contributed by atoms with Crippen molar-refractivity contribution in [1.82, 2.24) is 24.4 Å². The quantitative estimate of drug-likeness (QED) is 0.471. The van der Waals surface area contributed by atoms with Crippen LogP contribution < -0.4 is 10.9 Å². The molecule has 1 aromatic carbocycles. The number of nitrogens with zero attached hydrogens (tertiary/aromatic N) is 4. The average molecular weight is 448 g/mol. The Morgan fingerprint density at radius 3 is 2.72 bits per heavy atom. The van der Waals surface area contributed by atoms with Gasteiger partial charge in [0, 0.05) is 43.3 Å². The van der Waals surface area contributed by atoms with E-state index in [1.54, 1.807) is 34.8 Å². The van der Waals surface area contributed by atoms with Crippen LogP contribution in [0.1, 0.15) is 40.8 Å². The van der Waals surface area contributed by atoms with Crippen LogP contribution in [0.4, 0.5) is 0 Å². The molecule has 0 unspecified atom stereocenters. The molecule has 3 heterocycles. The highest BCUT2D eigenvalue weighted by Gasteiger charge is 2.20. The summed E-state index contributed by atoms with van der Waals surface area (Å²) in [5, 5.41) is 3.71. The van der Waals surface area contributed by atoms with E-state index in [2.05, 4.69) is 27.4 Å². The fourth-order valence-electron chi connectivity index (χ4n) is 4.21. The minimum Gasteiger partial charge on any atom is -0.352 e. The number of imidazole rings is 1. The number of aromatic nitrogens is 4. The van der Waals surface area contributed by atoms with Crippen molar-refractivity contribution in [3.8, 4) is 0 Å². The summed E-state index contributed by atoms with van der Waals surface area (Å²) in [6.07, 6.45) is 11.6. The molecule has 0 aliphatic heterocycles. The second-order valence-corrected chi connectivity index (χ2v) is 9.30. The summed E-state index contributed by atoms with van der Waals surface area (Å²) in [6, 6.07) is 8.16. The molecule has 1 N–H and O–H groups in total. The molecule has 32 heavy (non-hydrogen) atoms. The SMILES string of the molecule is O=C(CCn1cnc2sc3c(c2c1=O)CCCC3)NCc1ccc(Cn2ccnc2)cc1. The smallest absolute Gasteiger partial charge is 0.262 e. The molecule has 0 saturated carbocycles.